The van der Waals surface area contributed by atoms with Crippen molar-refractivity contribution in [2.45, 2.75) is 0 Å². The topological polar surface area (TPSA) is 12.4 Å². The van der Waals surface area contributed by atoms with Crippen LogP contribution in [0.2, 0.25) is 0 Å². The molecule has 0 amide bonds. The van der Waals surface area contributed by atoms with Crippen LogP contribution in [0.1, 0.15) is 5.56 Å². The summed E-state index contributed by atoms with van der Waals surface area (Å²) in [6.07, 6.45) is 5.74. The average molecular weight is 311 g/mol. The first-order valence-corrected chi connectivity index (χ1v) is 7.58. The molecular weight excluding hydrogens is 298 g/mol. The fourth-order valence-corrected chi connectivity index (χ4v) is 2.75. The highest BCUT2D eigenvalue weighted by Gasteiger charge is 2.15. The largest absolute Gasteiger partial charge is 0.194 e. The Balaban J connectivity index is 2.43. The van der Waals surface area contributed by atoms with Crippen LogP contribution in [0, 0.1) is 12.3 Å². The molecule has 0 heterocycles. The minimum absolute atomic E-state index is 0.768. The van der Waals surface area contributed by atoms with E-state index >= 15 is 0 Å². The van der Waals surface area contributed by atoms with E-state index in [1.165, 1.54) is 0 Å². The molecule has 3 aromatic rings. The van der Waals surface area contributed by atoms with Crippen molar-refractivity contribution >= 4 is 23.1 Å². The number of nitrogens with zero attached hydrogens (tertiary/aromatic N) is 1. The second kappa shape index (κ2) is 6.85. The molecular formula is C21H13NS. The summed E-state index contributed by atoms with van der Waals surface area (Å²) in [7, 11) is 0. The van der Waals surface area contributed by atoms with Gasteiger partial charge in [-0.05, 0) is 35.5 Å². The first-order valence-electron chi connectivity index (χ1n) is 7.17. The van der Waals surface area contributed by atoms with Gasteiger partial charge in [-0.2, -0.15) is 4.99 Å². The van der Waals surface area contributed by atoms with Crippen molar-refractivity contribution in [3.63, 3.8) is 0 Å². The first-order chi connectivity index (χ1) is 11.3. The number of thiocarbonyl (C=S) groups is 1. The Bertz CT molecular complexity index is 915. The molecule has 3 aromatic carbocycles. The molecule has 23 heavy (non-hydrogen) atoms. The molecule has 2 heteroatoms. The maximum absolute atomic E-state index is 5.74. The third kappa shape index (κ3) is 2.98. The summed E-state index contributed by atoms with van der Waals surface area (Å²) in [6, 6.07) is 24.0. The molecule has 0 N–H and O–H groups in total. The van der Waals surface area contributed by atoms with Gasteiger partial charge in [0.1, 0.15) is 0 Å². The van der Waals surface area contributed by atoms with Crippen LogP contribution >= 0.6 is 12.2 Å². The number of hydrogen-bond donors (Lipinski definition) is 0. The predicted octanol–water partition coefficient (Wildman–Crippen LogP) is 5.74. The summed E-state index contributed by atoms with van der Waals surface area (Å²) in [4.78, 5) is 4.24. The quantitative estimate of drug-likeness (QED) is 0.341. The van der Waals surface area contributed by atoms with Crippen LogP contribution in [0.25, 0.3) is 22.3 Å². The Hall–Kier alpha value is -2.98. The van der Waals surface area contributed by atoms with Crippen LogP contribution in [0.4, 0.5) is 5.69 Å². The first kappa shape index (κ1) is 14.9. The van der Waals surface area contributed by atoms with E-state index in [9.17, 15) is 0 Å². The van der Waals surface area contributed by atoms with Crippen LogP contribution < -0.4 is 0 Å². The van der Waals surface area contributed by atoms with Gasteiger partial charge in [-0.15, -0.1) is 6.42 Å². The zero-order valence-corrected chi connectivity index (χ0v) is 13.2. The van der Waals surface area contributed by atoms with Crippen LogP contribution in [0.3, 0.4) is 0 Å². The number of isothiocyanates is 1. The van der Waals surface area contributed by atoms with Gasteiger partial charge in [0, 0.05) is 16.7 Å². The van der Waals surface area contributed by atoms with Gasteiger partial charge < -0.3 is 0 Å². The van der Waals surface area contributed by atoms with Crippen molar-refractivity contribution in [2.24, 2.45) is 4.99 Å². The number of rotatable bonds is 3. The van der Waals surface area contributed by atoms with E-state index in [4.69, 9.17) is 18.6 Å². The summed E-state index contributed by atoms with van der Waals surface area (Å²) in [6.45, 7) is 0. The zero-order chi connectivity index (χ0) is 16.1. The van der Waals surface area contributed by atoms with E-state index in [2.05, 4.69) is 16.1 Å². The van der Waals surface area contributed by atoms with Crippen molar-refractivity contribution in [1.29, 1.82) is 0 Å². The lowest BCUT2D eigenvalue weighted by Gasteiger charge is -2.15. The summed E-state index contributed by atoms with van der Waals surface area (Å²) >= 11 is 4.81. The van der Waals surface area contributed by atoms with E-state index in [0.717, 1.165) is 33.5 Å². The third-order valence-corrected chi connectivity index (χ3v) is 3.72. The number of terminal acetylenes is 1. The molecule has 108 valence electrons. The van der Waals surface area contributed by atoms with Crippen molar-refractivity contribution in [2.75, 3.05) is 0 Å². The van der Waals surface area contributed by atoms with Crippen LogP contribution in [-0.2, 0) is 0 Å². The van der Waals surface area contributed by atoms with Gasteiger partial charge in [0.2, 0.25) is 0 Å². The van der Waals surface area contributed by atoms with Crippen molar-refractivity contribution in [1.82, 2.24) is 0 Å². The molecule has 0 saturated heterocycles. The molecule has 0 fully saturated rings. The van der Waals surface area contributed by atoms with Gasteiger partial charge in [-0.1, -0.05) is 66.6 Å². The normalized spacial score (nSPS) is 9.70. The molecule has 0 aliphatic carbocycles. The van der Waals surface area contributed by atoms with Crippen molar-refractivity contribution in [3.8, 4) is 34.6 Å². The molecule has 1 nitrogen and oxygen atoms in total. The fraction of sp³-hybridized carbons (Fsp3) is 0. The van der Waals surface area contributed by atoms with Gasteiger partial charge in [-0.3, -0.25) is 0 Å². The standard InChI is InChI=1S/C21H13NS/c1-2-16-13-14-19(22-15-23)21(18-11-7-4-8-12-18)20(16)17-9-5-3-6-10-17/h1,3-14H. The zero-order valence-electron chi connectivity index (χ0n) is 12.4. The molecule has 0 bridgehead atoms. The molecule has 0 saturated carbocycles. The van der Waals surface area contributed by atoms with Crippen LogP contribution in [0.15, 0.2) is 77.8 Å². The molecule has 0 aliphatic rings. The summed E-state index contributed by atoms with van der Waals surface area (Å²) in [5.74, 6) is 2.79. The minimum Gasteiger partial charge on any atom is -0.194 e. The highest BCUT2D eigenvalue weighted by atomic mass is 32.1. The highest BCUT2D eigenvalue weighted by molar-refractivity contribution is 7.78. The molecule has 0 aliphatic heterocycles. The molecule has 0 spiro atoms. The monoisotopic (exact) mass is 311 g/mol. The Labute approximate surface area is 141 Å². The Morgan fingerprint density at radius 3 is 1.83 bits per heavy atom. The maximum atomic E-state index is 5.74. The molecule has 0 radical (unpaired) electrons. The SMILES string of the molecule is C#Cc1ccc(N=C=S)c(-c2ccccc2)c1-c1ccccc1. The van der Waals surface area contributed by atoms with E-state index in [1.807, 2.05) is 72.8 Å². The summed E-state index contributed by atoms with van der Waals surface area (Å²) in [5.41, 5.74) is 5.67. The smallest absolute Gasteiger partial charge is 0.0825 e. The summed E-state index contributed by atoms with van der Waals surface area (Å²) in [5, 5.41) is 2.47. The molecule has 0 unspecified atom stereocenters. The van der Waals surface area contributed by atoms with E-state index in [1.54, 1.807) is 0 Å². The van der Waals surface area contributed by atoms with Crippen LogP contribution in [-0.4, -0.2) is 5.16 Å². The van der Waals surface area contributed by atoms with Gasteiger partial charge in [-0.25, -0.2) is 0 Å². The van der Waals surface area contributed by atoms with Gasteiger partial charge in [0.15, 0.2) is 0 Å². The Morgan fingerprint density at radius 2 is 1.30 bits per heavy atom. The van der Waals surface area contributed by atoms with Crippen molar-refractivity contribution in [3.05, 3.63) is 78.4 Å². The average Bonchev–Trinajstić information content (AvgIpc) is 2.63. The lowest BCUT2D eigenvalue weighted by molar-refractivity contribution is 1.50. The Morgan fingerprint density at radius 1 is 0.739 bits per heavy atom. The number of aliphatic imine (C=N–C) groups is 1. The van der Waals surface area contributed by atoms with Crippen molar-refractivity contribution < 1.29 is 0 Å². The highest BCUT2D eigenvalue weighted by Crippen LogP contribution is 2.41. The second-order valence-electron chi connectivity index (χ2n) is 4.96. The van der Waals surface area contributed by atoms with E-state index < -0.39 is 0 Å². The number of benzene rings is 3. The third-order valence-electron chi connectivity index (χ3n) is 3.63. The van der Waals surface area contributed by atoms with Crippen LogP contribution in [0.5, 0.6) is 0 Å². The number of hydrogen-bond acceptors (Lipinski definition) is 2. The lowest BCUT2D eigenvalue weighted by atomic mass is 9.89. The molecule has 3 rings (SSSR count). The maximum Gasteiger partial charge on any atom is 0.0825 e. The summed E-state index contributed by atoms with van der Waals surface area (Å²) < 4.78 is 0. The van der Waals surface area contributed by atoms with Gasteiger partial charge >= 0.3 is 0 Å². The predicted molar refractivity (Wildman–Crippen MR) is 99.9 cm³/mol. The van der Waals surface area contributed by atoms with Gasteiger partial charge in [0.05, 0.1) is 10.8 Å². The second-order valence-corrected chi connectivity index (χ2v) is 5.14. The minimum atomic E-state index is 0.768. The fourth-order valence-electron chi connectivity index (χ4n) is 2.66. The molecule has 0 atom stereocenters. The van der Waals surface area contributed by atoms with E-state index in [0.29, 0.717) is 0 Å². The Kier molecular flexibility index (Phi) is 4.45. The van der Waals surface area contributed by atoms with E-state index in [-0.39, 0.29) is 0 Å². The lowest BCUT2D eigenvalue weighted by Crippen LogP contribution is -1.91. The molecule has 0 aromatic heterocycles. The van der Waals surface area contributed by atoms with Gasteiger partial charge in [0.25, 0.3) is 0 Å².